The van der Waals surface area contributed by atoms with Crippen molar-refractivity contribution in [2.45, 2.75) is 30.0 Å². The van der Waals surface area contributed by atoms with E-state index >= 15 is 0 Å². The second-order valence-corrected chi connectivity index (χ2v) is 7.47. The first-order valence-corrected chi connectivity index (χ1v) is 8.52. The number of nitrogens with zero attached hydrogens (tertiary/aromatic N) is 1. The van der Waals surface area contributed by atoms with Crippen LogP contribution in [-0.4, -0.2) is 38.9 Å². The van der Waals surface area contributed by atoms with Gasteiger partial charge in [0.25, 0.3) is 0 Å². The third kappa shape index (κ3) is 4.51. The van der Waals surface area contributed by atoms with Gasteiger partial charge < -0.3 is 5.32 Å². The summed E-state index contributed by atoms with van der Waals surface area (Å²) in [5.74, 6) is 0. The number of benzene rings is 1. The average Bonchev–Trinajstić information content (AvgIpc) is 2.86. The predicted octanol–water partition coefficient (Wildman–Crippen LogP) is 3.15. The zero-order valence-electron chi connectivity index (χ0n) is 12.2. The van der Waals surface area contributed by atoms with Crippen molar-refractivity contribution in [2.75, 3.05) is 20.1 Å². The quantitative estimate of drug-likeness (QED) is 0.855. The molecule has 0 spiro atoms. The van der Waals surface area contributed by atoms with E-state index in [1.807, 2.05) is 0 Å². The van der Waals surface area contributed by atoms with Crippen LogP contribution < -0.4 is 5.32 Å². The summed E-state index contributed by atoms with van der Waals surface area (Å²) in [5.41, 5.74) is -1.07. The molecule has 0 saturated carbocycles. The highest BCUT2D eigenvalue weighted by Gasteiger charge is 2.37. The summed E-state index contributed by atoms with van der Waals surface area (Å²) in [7, 11) is -2.31. The summed E-state index contributed by atoms with van der Waals surface area (Å²) < 4.78 is 65.0. The number of sulfonamides is 1. The van der Waals surface area contributed by atoms with Crippen molar-refractivity contribution >= 4 is 34.0 Å². The molecule has 1 fully saturated rings. The highest BCUT2D eigenvalue weighted by Crippen LogP contribution is 2.34. The fraction of sp³-hybridized carbons (Fsp3) is 0.538. The topological polar surface area (TPSA) is 49.4 Å². The molecule has 1 N–H and O–H groups in total. The average molecular weight is 393 g/mol. The molecule has 1 atom stereocenters. The number of halogens is 5. The summed E-state index contributed by atoms with van der Waals surface area (Å²) in [5, 5.41) is 2.65. The van der Waals surface area contributed by atoms with Gasteiger partial charge in [-0.15, -0.1) is 12.4 Å². The minimum atomic E-state index is -4.65. The molecule has 0 aromatic heterocycles. The van der Waals surface area contributed by atoms with Crippen LogP contribution in [0.1, 0.15) is 18.4 Å². The maximum Gasteiger partial charge on any atom is 0.416 e. The van der Waals surface area contributed by atoms with E-state index in [9.17, 15) is 21.6 Å². The minimum absolute atomic E-state index is 0. The molecule has 132 valence electrons. The van der Waals surface area contributed by atoms with E-state index in [2.05, 4.69) is 5.32 Å². The van der Waals surface area contributed by atoms with Crippen molar-refractivity contribution in [1.29, 1.82) is 0 Å². The zero-order chi connectivity index (χ0) is 16.5. The number of hydrogen-bond donors (Lipinski definition) is 1. The number of likely N-dealkylation sites (N-methyl/N-ethyl adjacent to an activating group) is 1. The van der Waals surface area contributed by atoms with E-state index in [-0.39, 0.29) is 23.5 Å². The van der Waals surface area contributed by atoms with E-state index < -0.39 is 26.7 Å². The molecule has 1 heterocycles. The van der Waals surface area contributed by atoms with E-state index in [1.54, 1.807) is 7.05 Å². The Hall–Kier alpha value is -0.540. The fourth-order valence-electron chi connectivity index (χ4n) is 2.58. The van der Waals surface area contributed by atoms with E-state index in [0.29, 0.717) is 32.0 Å². The van der Waals surface area contributed by atoms with Gasteiger partial charge in [-0.1, -0.05) is 11.6 Å². The lowest BCUT2D eigenvalue weighted by Gasteiger charge is -2.24. The number of hydrogen-bond acceptors (Lipinski definition) is 3. The first kappa shape index (κ1) is 20.5. The maximum absolute atomic E-state index is 12.8. The van der Waals surface area contributed by atoms with Gasteiger partial charge in [0.2, 0.25) is 10.0 Å². The van der Waals surface area contributed by atoms with E-state index in [1.165, 1.54) is 4.31 Å². The van der Waals surface area contributed by atoms with Crippen molar-refractivity contribution in [3.63, 3.8) is 0 Å². The first-order valence-electron chi connectivity index (χ1n) is 6.70. The summed E-state index contributed by atoms with van der Waals surface area (Å²) in [6.07, 6.45) is -3.30. The van der Waals surface area contributed by atoms with Crippen LogP contribution in [0.2, 0.25) is 5.02 Å². The predicted molar refractivity (Wildman–Crippen MR) is 84.5 cm³/mol. The summed E-state index contributed by atoms with van der Waals surface area (Å²) in [4.78, 5) is -0.421. The Kier molecular flexibility index (Phi) is 6.74. The third-order valence-electron chi connectivity index (χ3n) is 3.57. The summed E-state index contributed by atoms with van der Waals surface area (Å²) in [6, 6.07) is 2.15. The Morgan fingerprint density at radius 3 is 2.57 bits per heavy atom. The molecular weight excluding hydrogens is 376 g/mol. The normalized spacial score (nSPS) is 19.6. The molecule has 2 rings (SSSR count). The molecule has 1 unspecified atom stereocenters. The maximum atomic E-state index is 12.8. The largest absolute Gasteiger partial charge is 0.416 e. The Bertz CT molecular complexity index is 653. The summed E-state index contributed by atoms with van der Waals surface area (Å²) >= 11 is 5.67. The number of rotatable bonds is 4. The van der Waals surface area contributed by atoms with Crippen molar-refractivity contribution in [3.05, 3.63) is 28.8 Å². The molecule has 1 saturated heterocycles. The monoisotopic (exact) mass is 392 g/mol. The highest BCUT2D eigenvalue weighted by molar-refractivity contribution is 7.89. The van der Waals surface area contributed by atoms with Gasteiger partial charge in [0.05, 0.1) is 10.5 Å². The Morgan fingerprint density at radius 2 is 2.00 bits per heavy atom. The molecule has 0 bridgehead atoms. The molecule has 1 aliphatic heterocycles. The van der Waals surface area contributed by atoms with Gasteiger partial charge in [-0.25, -0.2) is 8.42 Å². The van der Waals surface area contributed by atoms with Gasteiger partial charge in [0.15, 0.2) is 0 Å². The number of nitrogens with one attached hydrogen (secondary N) is 1. The molecular formula is C13H17Cl2F3N2O2S. The van der Waals surface area contributed by atoms with Crippen molar-refractivity contribution < 1.29 is 21.6 Å². The van der Waals surface area contributed by atoms with Gasteiger partial charge in [-0.3, -0.25) is 0 Å². The van der Waals surface area contributed by atoms with Crippen molar-refractivity contribution in [2.24, 2.45) is 0 Å². The van der Waals surface area contributed by atoms with Crippen molar-refractivity contribution in [1.82, 2.24) is 9.62 Å². The van der Waals surface area contributed by atoms with Crippen LogP contribution in [0.15, 0.2) is 23.1 Å². The Morgan fingerprint density at radius 1 is 1.35 bits per heavy atom. The van der Waals surface area contributed by atoms with Crippen molar-refractivity contribution in [3.8, 4) is 0 Å². The minimum Gasteiger partial charge on any atom is -0.318 e. The van der Waals surface area contributed by atoms with Gasteiger partial charge >= 0.3 is 6.18 Å². The molecule has 1 aromatic rings. The van der Waals surface area contributed by atoms with Crippen LogP contribution in [0.3, 0.4) is 0 Å². The smallest absolute Gasteiger partial charge is 0.318 e. The van der Waals surface area contributed by atoms with E-state index in [0.717, 1.165) is 12.1 Å². The van der Waals surface area contributed by atoms with Crippen LogP contribution in [-0.2, 0) is 16.2 Å². The Labute approximate surface area is 144 Å². The first-order chi connectivity index (χ1) is 10.2. The van der Waals surface area contributed by atoms with Crippen LogP contribution in [0.25, 0.3) is 0 Å². The lowest BCUT2D eigenvalue weighted by Crippen LogP contribution is -2.40. The molecule has 10 heteroatoms. The van der Waals surface area contributed by atoms with Crippen LogP contribution >= 0.6 is 24.0 Å². The fourth-order valence-corrected chi connectivity index (χ4v) is 4.64. The SMILES string of the molecule is CNCC1CCCN1S(=O)(=O)c1cc(Cl)cc(C(F)(F)F)c1.Cl. The molecule has 1 aromatic carbocycles. The van der Waals surface area contributed by atoms with Crippen LogP contribution in [0, 0.1) is 0 Å². The lowest BCUT2D eigenvalue weighted by atomic mass is 10.2. The number of alkyl halides is 3. The molecule has 0 aliphatic carbocycles. The Balaban J connectivity index is 0.00000264. The molecule has 0 amide bonds. The van der Waals surface area contributed by atoms with Crippen LogP contribution in [0.5, 0.6) is 0 Å². The molecule has 23 heavy (non-hydrogen) atoms. The second-order valence-electron chi connectivity index (χ2n) is 5.14. The van der Waals surface area contributed by atoms with Gasteiger partial charge in [0, 0.05) is 24.2 Å². The van der Waals surface area contributed by atoms with Crippen LogP contribution in [0.4, 0.5) is 13.2 Å². The second kappa shape index (κ2) is 7.57. The summed E-state index contributed by atoms with van der Waals surface area (Å²) in [6.45, 7) is 0.745. The lowest BCUT2D eigenvalue weighted by molar-refractivity contribution is -0.137. The standard InChI is InChI=1S/C13H16ClF3N2O2S.ClH/c1-18-8-11-3-2-4-19(11)22(20,21)12-6-9(13(15,16)17)5-10(14)7-12;/h5-7,11,18H,2-4,8H2,1H3;1H. The van der Waals surface area contributed by atoms with Gasteiger partial charge in [0.1, 0.15) is 0 Å². The molecule has 4 nitrogen and oxygen atoms in total. The van der Waals surface area contributed by atoms with Gasteiger partial charge in [-0.2, -0.15) is 17.5 Å². The van der Waals surface area contributed by atoms with Gasteiger partial charge in [-0.05, 0) is 38.1 Å². The molecule has 1 aliphatic rings. The zero-order valence-corrected chi connectivity index (χ0v) is 14.6. The molecule has 0 radical (unpaired) electrons. The third-order valence-corrected chi connectivity index (χ3v) is 5.72. The highest BCUT2D eigenvalue weighted by atomic mass is 35.5. The van der Waals surface area contributed by atoms with E-state index in [4.69, 9.17) is 11.6 Å².